The summed E-state index contributed by atoms with van der Waals surface area (Å²) in [6, 6.07) is 10.2. The minimum atomic E-state index is -1.43. The van der Waals surface area contributed by atoms with Crippen LogP contribution in [0.3, 0.4) is 0 Å². The normalized spacial score (nSPS) is 27.5. The molecule has 4 amide bonds. The number of imide groups is 2. The van der Waals surface area contributed by atoms with Crippen molar-refractivity contribution in [3.8, 4) is 17.2 Å². The number of anilines is 2. The summed E-state index contributed by atoms with van der Waals surface area (Å²) in [6.45, 7) is 1.67. The van der Waals surface area contributed by atoms with Gasteiger partial charge in [0, 0.05) is 12.0 Å². The van der Waals surface area contributed by atoms with Gasteiger partial charge in [-0.1, -0.05) is 23.3 Å². The van der Waals surface area contributed by atoms with Crippen molar-refractivity contribution >= 4 is 68.5 Å². The molecule has 0 radical (unpaired) electrons. The SMILES string of the molecule is COc1cc([C@H]2C3=CC[C@@H]4C(=O)N(c5ccc(C(=O)O)c(O)c5)C(=O)[C@@H]4[C@@H]3C[C@H]3C(=O)N(c4ccc(F)c(Cl)c4)C(=O)[C@@]23C)cc(Br)c1O. The average Bonchev–Trinajstić information content (AvgIpc) is 3.42. The second-order valence-electron chi connectivity index (χ2n) is 12.8. The van der Waals surface area contributed by atoms with Crippen molar-refractivity contribution in [2.24, 2.45) is 29.1 Å². The van der Waals surface area contributed by atoms with Crippen LogP contribution in [0, 0.1) is 34.9 Å². The molecule has 4 aliphatic rings. The molecule has 14 heteroatoms. The van der Waals surface area contributed by atoms with Gasteiger partial charge in [-0.15, -0.1) is 0 Å². The first-order chi connectivity index (χ1) is 23.2. The molecule has 3 N–H and O–H groups in total. The smallest absolute Gasteiger partial charge is 0.339 e. The van der Waals surface area contributed by atoms with Crippen molar-refractivity contribution in [3.63, 3.8) is 0 Å². The Bertz CT molecular complexity index is 2070. The first-order valence-electron chi connectivity index (χ1n) is 15.2. The van der Waals surface area contributed by atoms with Gasteiger partial charge < -0.3 is 20.1 Å². The molecular weight excluding hydrogens is 727 g/mol. The average molecular weight is 754 g/mol. The summed E-state index contributed by atoms with van der Waals surface area (Å²) in [5.41, 5.74) is -0.579. The van der Waals surface area contributed by atoms with E-state index >= 15 is 0 Å². The third-order valence-corrected chi connectivity index (χ3v) is 11.4. The molecule has 2 aliphatic heterocycles. The summed E-state index contributed by atoms with van der Waals surface area (Å²) in [7, 11) is 1.37. The fourth-order valence-corrected chi connectivity index (χ4v) is 8.91. The number of carbonyl (C=O) groups excluding carboxylic acids is 4. The molecule has 3 aromatic rings. The molecule has 49 heavy (non-hydrogen) atoms. The number of ether oxygens (including phenoxy) is 1. The Hall–Kier alpha value is -4.75. The van der Waals surface area contributed by atoms with E-state index in [1.165, 1.54) is 25.3 Å². The van der Waals surface area contributed by atoms with Crippen molar-refractivity contribution in [3.05, 3.63) is 86.6 Å². The molecule has 2 heterocycles. The van der Waals surface area contributed by atoms with Crippen molar-refractivity contribution in [2.75, 3.05) is 16.9 Å². The summed E-state index contributed by atoms with van der Waals surface area (Å²) in [6.07, 6.45) is 1.99. The molecule has 0 bridgehead atoms. The van der Waals surface area contributed by atoms with E-state index in [9.17, 15) is 43.7 Å². The number of hydrogen-bond acceptors (Lipinski definition) is 8. The van der Waals surface area contributed by atoms with Crippen LogP contribution in [0.4, 0.5) is 15.8 Å². The van der Waals surface area contributed by atoms with Gasteiger partial charge in [0.05, 0.1) is 51.1 Å². The monoisotopic (exact) mass is 752 g/mol. The molecule has 2 aliphatic carbocycles. The van der Waals surface area contributed by atoms with E-state index in [1.54, 1.807) is 19.1 Å². The van der Waals surface area contributed by atoms with Crippen LogP contribution in [0.1, 0.15) is 41.6 Å². The summed E-state index contributed by atoms with van der Waals surface area (Å²) in [4.78, 5) is 70.4. The molecule has 1 saturated carbocycles. The number of fused-ring (bicyclic) bond motifs is 4. The molecule has 3 fully saturated rings. The van der Waals surface area contributed by atoms with Gasteiger partial charge in [0.2, 0.25) is 23.6 Å². The fraction of sp³-hybridized carbons (Fsp3) is 0.286. The van der Waals surface area contributed by atoms with E-state index in [0.29, 0.717) is 11.1 Å². The van der Waals surface area contributed by atoms with Crippen LogP contribution in [0.2, 0.25) is 5.02 Å². The number of rotatable bonds is 5. The number of halogens is 3. The highest BCUT2D eigenvalue weighted by Crippen LogP contribution is 2.64. The number of allylic oxidation sites excluding steroid dienone is 2. The fourth-order valence-electron chi connectivity index (χ4n) is 8.28. The lowest BCUT2D eigenvalue weighted by molar-refractivity contribution is -0.131. The maximum absolute atomic E-state index is 14.6. The van der Waals surface area contributed by atoms with Crippen LogP contribution in [-0.2, 0) is 19.2 Å². The molecule has 11 nitrogen and oxygen atoms in total. The number of carboxylic acid groups (broad SMARTS) is 1. The molecule has 2 saturated heterocycles. The topological polar surface area (TPSA) is 162 Å². The van der Waals surface area contributed by atoms with Crippen molar-refractivity contribution < 1.29 is 48.4 Å². The van der Waals surface area contributed by atoms with E-state index in [4.69, 9.17) is 16.3 Å². The molecular formula is C35H27BrClFN2O9. The number of methoxy groups -OCH3 is 1. The van der Waals surface area contributed by atoms with Crippen molar-refractivity contribution in [1.29, 1.82) is 0 Å². The summed E-state index contributed by atoms with van der Waals surface area (Å²) in [5, 5.41) is 30.0. The number of benzene rings is 3. The lowest BCUT2D eigenvalue weighted by Gasteiger charge is -2.49. The summed E-state index contributed by atoms with van der Waals surface area (Å²) < 4.78 is 19.8. The van der Waals surface area contributed by atoms with Gasteiger partial charge in [-0.3, -0.25) is 19.2 Å². The van der Waals surface area contributed by atoms with E-state index in [2.05, 4.69) is 15.9 Å². The zero-order chi connectivity index (χ0) is 35.3. The molecule has 6 atom stereocenters. The number of nitrogens with zero attached hydrogens (tertiary/aromatic N) is 2. The van der Waals surface area contributed by atoms with Crippen LogP contribution in [-0.4, -0.2) is 52.0 Å². The highest BCUT2D eigenvalue weighted by molar-refractivity contribution is 9.10. The highest BCUT2D eigenvalue weighted by atomic mass is 79.9. The van der Waals surface area contributed by atoms with Gasteiger partial charge in [-0.25, -0.2) is 19.0 Å². The van der Waals surface area contributed by atoms with E-state index in [-0.39, 0.29) is 45.2 Å². The number of aromatic hydroxyl groups is 2. The van der Waals surface area contributed by atoms with Gasteiger partial charge in [0.25, 0.3) is 0 Å². The van der Waals surface area contributed by atoms with E-state index in [1.807, 2.05) is 6.08 Å². The number of phenols is 2. The zero-order valence-electron chi connectivity index (χ0n) is 25.8. The van der Waals surface area contributed by atoms with E-state index in [0.717, 1.165) is 28.0 Å². The lowest BCUT2D eigenvalue weighted by atomic mass is 9.51. The Morgan fingerprint density at radius 3 is 2.33 bits per heavy atom. The van der Waals surface area contributed by atoms with Gasteiger partial charge in [-0.2, -0.15) is 0 Å². The minimum Gasteiger partial charge on any atom is -0.507 e. The van der Waals surface area contributed by atoms with Crippen LogP contribution in [0.25, 0.3) is 0 Å². The van der Waals surface area contributed by atoms with Crippen LogP contribution in [0.5, 0.6) is 17.2 Å². The summed E-state index contributed by atoms with van der Waals surface area (Å²) >= 11 is 9.42. The first-order valence-corrected chi connectivity index (χ1v) is 16.4. The summed E-state index contributed by atoms with van der Waals surface area (Å²) in [5.74, 6) is -9.37. The second kappa shape index (κ2) is 11.4. The Kier molecular flexibility index (Phi) is 7.63. The third kappa shape index (κ3) is 4.62. The molecule has 3 aromatic carbocycles. The Labute approximate surface area is 291 Å². The van der Waals surface area contributed by atoms with Gasteiger partial charge in [0.1, 0.15) is 17.1 Å². The van der Waals surface area contributed by atoms with Crippen molar-refractivity contribution in [2.45, 2.75) is 25.7 Å². The largest absolute Gasteiger partial charge is 0.507 e. The van der Waals surface area contributed by atoms with Crippen LogP contribution < -0.4 is 14.5 Å². The van der Waals surface area contributed by atoms with Crippen molar-refractivity contribution in [1.82, 2.24) is 0 Å². The minimum absolute atomic E-state index is 0.00401. The highest BCUT2D eigenvalue weighted by Gasteiger charge is 2.67. The maximum atomic E-state index is 14.6. The quantitative estimate of drug-likeness (QED) is 0.216. The number of phenolic OH excluding ortho intramolecular Hbond substituents is 1. The second-order valence-corrected chi connectivity index (χ2v) is 14.1. The number of carboxylic acids is 1. The lowest BCUT2D eigenvalue weighted by Crippen LogP contribution is -2.48. The van der Waals surface area contributed by atoms with Crippen LogP contribution in [0.15, 0.2) is 64.7 Å². The molecule has 252 valence electrons. The number of aromatic carboxylic acids is 1. The Morgan fingerprint density at radius 1 is 0.980 bits per heavy atom. The predicted octanol–water partition coefficient (Wildman–Crippen LogP) is 5.79. The molecule has 0 aromatic heterocycles. The van der Waals surface area contributed by atoms with Gasteiger partial charge in [-0.05, 0) is 89.6 Å². The standard InChI is InChI=1S/C35H27BrClFN2O9/c1-35-21(31(44)40(34(35)48)15-4-8-24(38)23(37)11-15)13-20-17(28(35)14-9-22(36)29(42)26(10-14)49-2)6-7-19-27(20)32(45)39(30(19)43)16-3-5-18(33(46)47)25(41)12-16/h3-6,8-12,19-21,27-28,41-42H,7,13H2,1-2H3,(H,46,47)/t19-,20+,21-,27-,28-,35+/m0/s1. The predicted molar refractivity (Wildman–Crippen MR) is 176 cm³/mol. The van der Waals surface area contributed by atoms with E-state index < -0.39 is 81.7 Å². The number of hydrogen-bond donors (Lipinski definition) is 3. The first kappa shape index (κ1) is 32.8. The van der Waals surface area contributed by atoms with Crippen LogP contribution >= 0.6 is 27.5 Å². The number of carbonyl (C=O) groups is 5. The molecule has 7 rings (SSSR count). The van der Waals surface area contributed by atoms with Gasteiger partial charge in [0.15, 0.2) is 11.5 Å². The Balaban J connectivity index is 1.37. The molecule has 0 unspecified atom stereocenters. The molecule has 0 spiro atoms. The maximum Gasteiger partial charge on any atom is 0.339 e. The third-order valence-electron chi connectivity index (χ3n) is 10.5. The Morgan fingerprint density at radius 2 is 1.67 bits per heavy atom. The zero-order valence-corrected chi connectivity index (χ0v) is 28.2. The number of amides is 4. The van der Waals surface area contributed by atoms with Gasteiger partial charge >= 0.3 is 5.97 Å².